The van der Waals surface area contributed by atoms with Crippen LogP contribution >= 0.6 is 0 Å². The molecule has 136 valence electrons. The van der Waals surface area contributed by atoms with Gasteiger partial charge in [0, 0.05) is 31.7 Å². The molecule has 1 fully saturated rings. The summed E-state index contributed by atoms with van der Waals surface area (Å²) in [5.74, 6) is 1.20. The summed E-state index contributed by atoms with van der Waals surface area (Å²) in [6, 6.07) is 15.5. The number of carbonyl (C=O) groups excluding carboxylic acids is 1. The lowest BCUT2D eigenvalue weighted by molar-refractivity contribution is -0.0293. The van der Waals surface area contributed by atoms with Crippen molar-refractivity contribution in [1.29, 1.82) is 0 Å². The van der Waals surface area contributed by atoms with Crippen molar-refractivity contribution in [3.05, 3.63) is 59.7 Å². The standard InChI is InChI=1S/C20H22N2O4/c23-20(16-6-7-17-18(12-16)26-14-25-17)21-8-9-22-10-11-24-19(13-22)15-4-2-1-3-5-15/h1-7,12,19H,8-11,13-14H2,(H,21,23)/t19-/m0/s1. The normalized spacial score (nSPS) is 19.3. The highest BCUT2D eigenvalue weighted by atomic mass is 16.7. The zero-order valence-electron chi connectivity index (χ0n) is 14.5. The second kappa shape index (κ2) is 7.76. The molecule has 1 N–H and O–H groups in total. The van der Waals surface area contributed by atoms with Crippen LogP contribution in [0.3, 0.4) is 0 Å². The molecule has 6 nitrogen and oxygen atoms in total. The number of carbonyl (C=O) groups is 1. The first-order chi connectivity index (χ1) is 12.8. The molecule has 0 unspecified atom stereocenters. The van der Waals surface area contributed by atoms with Gasteiger partial charge in [0.25, 0.3) is 5.91 Å². The molecule has 0 radical (unpaired) electrons. The number of hydrogen-bond acceptors (Lipinski definition) is 5. The maximum absolute atomic E-state index is 12.3. The highest BCUT2D eigenvalue weighted by molar-refractivity contribution is 5.94. The van der Waals surface area contributed by atoms with E-state index in [1.165, 1.54) is 5.56 Å². The Labute approximate surface area is 152 Å². The van der Waals surface area contributed by atoms with Gasteiger partial charge in [0.2, 0.25) is 6.79 Å². The molecule has 0 aromatic heterocycles. The zero-order chi connectivity index (χ0) is 17.8. The van der Waals surface area contributed by atoms with Crippen LogP contribution < -0.4 is 14.8 Å². The Hall–Kier alpha value is -2.57. The van der Waals surface area contributed by atoms with E-state index in [0.717, 1.165) is 19.6 Å². The fourth-order valence-corrected chi connectivity index (χ4v) is 3.24. The van der Waals surface area contributed by atoms with E-state index in [-0.39, 0.29) is 18.8 Å². The summed E-state index contributed by atoms with van der Waals surface area (Å²) in [7, 11) is 0. The van der Waals surface area contributed by atoms with Crippen molar-refractivity contribution in [2.45, 2.75) is 6.10 Å². The van der Waals surface area contributed by atoms with Gasteiger partial charge in [-0.05, 0) is 23.8 Å². The van der Waals surface area contributed by atoms with E-state index in [2.05, 4.69) is 22.3 Å². The molecule has 6 heteroatoms. The Bertz CT molecular complexity index is 766. The quantitative estimate of drug-likeness (QED) is 0.892. The topological polar surface area (TPSA) is 60.0 Å². The van der Waals surface area contributed by atoms with Gasteiger partial charge in [-0.3, -0.25) is 9.69 Å². The summed E-state index contributed by atoms with van der Waals surface area (Å²) < 4.78 is 16.5. The maximum Gasteiger partial charge on any atom is 0.251 e. The average Bonchev–Trinajstić information content (AvgIpc) is 3.17. The number of hydrogen-bond donors (Lipinski definition) is 1. The van der Waals surface area contributed by atoms with Gasteiger partial charge < -0.3 is 19.5 Å². The van der Waals surface area contributed by atoms with Gasteiger partial charge >= 0.3 is 0 Å². The van der Waals surface area contributed by atoms with Crippen LogP contribution in [0.2, 0.25) is 0 Å². The minimum absolute atomic E-state index is 0.0921. The van der Waals surface area contributed by atoms with Crippen molar-refractivity contribution in [2.75, 3.05) is 39.6 Å². The molecule has 2 aliphatic heterocycles. The monoisotopic (exact) mass is 354 g/mol. The van der Waals surface area contributed by atoms with E-state index in [9.17, 15) is 4.79 Å². The number of ether oxygens (including phenoxy) is 3. The molecular weight excluding hydrogens is 332 g/mol. The number of amides is 1. The minimum atomic E-state index is -0.101. The number of nitrogens with one attached hydrogen (secondary N) is 1. The van der Waals surface area contributed by atoms with E-state index in [1.54, 1.807) is 18.2 Å². The first kappa shape index (κ1) is 16.9. The molecule has 2 aromatic rings. The highest BCUT2D eigenvalue weighted by Crippen LogP contribution is 2.32. The molecule has 1 atom stereocenters. The van der Waals surface area contributed by atoms with Crippen LogP contribution in [0.15, 0.2) is 48.5 Å². The molecule has 0 saturated carbocycles. The van der Waals surface area contributed by atoms with Gasteiger partial charge in [0.15, 0.2) is 11.5 Å². The largest absolute Gasteiger partial charge is 0.454 e. The Morgan fingerprint density at radius 3 is 2.85 bits per heavy atom. The second-order valence-electron chi connectivity index (χ2n) is 6.39. The van der Waals surface area contributed by atoms with Crippen molar-refractivity contribution >= 4 is 5.91 Å². The molecule has 2 aliphatic rings. The summed E-state index contributed by atoms with van der Waals surface area (Å²) >= 11 is 0. The summed E-state index contributed by atoms with van der Waals surface area (Å²) in [4.78, 5) is 14.6. The van der Waals surface area contributed by atoms with Gasteiger partial charge in [0.1, 0.15) is 0 Å². The van der Waals surface area contributed by atoms with Crippen LogP contribution in [-0.2, 0) is 4.74 Å². The SMILES string of the molecule is O=C(NCCN1CCO[C@H](c2ccccc2)C1)c1ccc2c(c1)OCO2. The second-order valence-corrected chi connectivity index (χ2v) is 6.39. The van der Waals surface area contributed by atoms with E-state index >= 15 is 0 Å². The Kier molecular flexibility index (Phi) is 5.04. The van der Waals surface area contributed by atoms with Crippen LogP contribution in [-0.4, -0.2) is 50.4 Å². The van der Waals surface area contributed by atoms with E-state index in [4.69, 9.17) is 14.2 Å². The van der Waals surface area contributed by atoms with Crippen LogP contribution in [0, 0.1) is 0 Å². The zero-order valence-corrected chi connectivity index (χ0v) is 14.5. The molecule has 0 aliphatic carbocycles. The first-order valence-corrected chi connectivity index (χ1v) is 8.86. The average molecular weight is 354 g/mol. The fraction of sp³-hybridized carbons (Fsp3) is 0.350. The number of rotatable bonds is 5. The van der Waals surface area contributed by atoms with Crippen molar-refractivity contribution in [2.24, 2.45) is 0 Å². The molecule has 2 aromatic carbocycles. The smallest absolute Gasteiger partial charge is 0.251 e. The number of nitrogens with zero attached hydrogens (tertiary/aromatic N) is 1. The van der Waals surface area contributed by atoms with Crippen molar-refractivity contribution < 1.29 is 19.0 Å². The minimum Gasteiger partial charge on any atom is -0.454 e. The summed E-state index contributed by atoms with van der Waals surface area (Å²) in [6.45, 7) is 4.01. The third-order valence-electron chi connectivity index (χ3n) is 4.67. The Morgan fingerprint density at radius 2 is 1.96 bits per heavy atom. The lowest BCUT2D eigenvalue weighted by Crippen LogP contribution is -2.42. The van der Waals surface area contributed by atoms with Gasteiger partial charge in [-0.2, -0.15) is 0 Å². The van der Waals surface area contributed by atoms with Gasteiger partial charge in [-0.1, -0.05) is 30.3 Å². The summed E-state index contributed by atoms with van der Waals surface area (Å²) in [6.07, 6.45) is 0.0921. The van der Waals surface area contributed by atoms with Gasteiger partial charge in [-0.25, -0.2) is 0 Å². The van der Waals surface area contributed by atoms with Crippen LogP contribution in [0.5, 0.6) is 11.5 Å². The van der Waals surface area contributed by atoms with Crippen LogP contribution in [0.1, 0.15) is 22.0 Å². The van der Waals surface area contributed by atoms with Crippen LogP contribution in [0.4, 0.5) is 0 Å². The van der Waals surface area contributed by atoms with E-state index in [1.807, 2.05) is 18.2 Å². The number of morpholine rings is 1. The molecule has 0 bridgehead atoms. The van der Waals surface area contributed by atoms with E-state index in [0.29, 0.717) is 30.2 Å². The highest BCUT2D eigenvalue weighted by Gasteiger charge is 2.22. The maximum atomic E-state index is 12.3. The lowest BCUT2D eigenvalue weighted by atomic mass is 10.1. The van der Waals surface area contributed by atoms with Crippen LogP contribution in [0.25, 0.3) is 0 Å². The molecule has 26 heavy (non-hydrogen) atoms. The predicted octanol–water partition coefficient (Wildman–Crippen LogP) is 2.22. The van der Waals surface area contributed by atoms with Crippen molar-refractivity contribution in [3.63, 3.8) is 0 Å². The predicted molar refractivity (Wildman–Crippen MR) is 96.5 cm³/mol. The molecule has 4 rings (SSSR count). The Morgan fingerprint density at radius 1 is 1.12 bits per heavy atom. The lowest BCUT2D eigenvalue weighted by Gasteiger charge is -2.33. The Balaban J connectivity index is 1.27. The third kappa shape index (κ3) is 3.81. The molecular formula is C20H22N2O4. The fourth-order valence-electron chi connectivity index (χ4n) is 3.24. The molecule has 1 saturated heterocycles. The molecule has 2 heterocycles. The van der Waals surface area contributed by atoms with Gasteiger partial charge in [0.05, 0.1) is 12.7 Å². The van der Waals surface area contributed by atoms with E-state index < -0.39 is 0 Å². The molecule has 0 spiro atoms. The van der Waals surface area contributed by atoms with Gasteiger partial charge in [-0.15, -0.1) is 0 Å². The first-order valence-electron chi connectivity index (χ1n) is 8.86. The molecule has 1 amide bonds. The summed E-state index contributed by atoms with van der Waals surface area (Å²) in [5, 5.41) is 2.97. The van der Waals surface area contributed by atoms with Crippen molar-refractivity contribution in [1.82, 2.24) is 10.2 Å². The van der Waals surface area contributed by atoms with Crippen molar-refractivity contribution in [3.8, 4) is 11.5 Å². The summed E-state index contributed by atoms with van der Waals surface area (Å²) in [5.41, 5.74) is 1.78. The number of fused-ring (bicyclic) bond motifs is 1. The third-order valence-corrected chi connectivity index (χ3v) is 4.67. The number of benzene rings is 2.